The van der Waals surface area contributed by atoms with Crippen molar-refractivity contribution in [2.45, 2.75) is 84.6 Å². The van der Waals surface area contributed by atoms with E-state index in [0.29, 0.717) is 0 Å². The van der Waals surface area contributed by atoms with E-state index in [0.717, 1.165) is 12.8 Å². The van der Waals surface area contributed by atoms with Gasteiger partial charge in [-0.3, -0.25) is 9.59 Å². The summed E-state index contributed by atoms with van der Waals surface area (Å²) in [4.78, 5) is 36.1. The van der Waals surface area contributed by atoms with Gasteiger partial charge in [0, 0.05) is 24.9 Å². The van der Waals surface area contributed by atoms with Gasteiger partial charge in [0.25, 0.3) is 0 Å². The van der Waals surface area contributed by atoms with Gasteiger partial charge in [0.1, 0.15) is 5.60 Å². The number of amides is 2. The topological polar surface area (TPSA) is 114 Å². The van der Waals surface area contributed by atoms with Gasteiger partial charge < -0.3 is 25.2 Å². The van der Waals surface area contributed by atoms with Crippen LogP contribution in [0.15, 0.2) is 0 Å². The summed E-state index contributed by atoms with van der Waals surface area (Å²) in [6.45, 7) is 10.6. The van der Waals surface area contributed by atoms with Crippen molar-refractivity contribution in [1.82, 2.24) is 10.6 Å². The minimum Gasteiger partial charge on any atom is -0.469 e. The van der Waals surface area contributed by atoms with E-state index in [2.05, 4.69) is 10.6 Å². The fourth-order valence-electron chi connectivity index (χ4n) is 4.17. The Bertz CT molecular complexity index is 559. The predicted octanol–water partition coefficient (Wildman–Crippen LogP) is 1.99. The average Bonchev–Trinajstić information content (AvgIpc) is 2.85. The molecule has 28 heavy (non-hydrogen) atoms. The van der Waals surface area contributed by atoms with Crippen LogP contribution in [-0.2, 0) is 19.1 Å². The van der Waals surface area contributed by atoms with Crippen molar-refractivity contribution >= 4 is 18.0 Å². The number of ether oxygens (including phenoxy) is 2. The highest BCUT2D eigenvalue weighted by molar-refractivity contribution is 5.75. The number of esters is 1. The number of nitrogens with one attached hydrogen (secondary N) is 2. The van der Waals surface area contributed by atoms with Crippen molar-refractivity contribution in [3.8, 4) is 0 Å². The van der Waals surface area contributed by atoms with Crippen LogP contribution in [0.1, 0.15) is 60.8 Å². The molecule has 1 fully saturated rings. The summed E-state index contributed by atoms with van der Waals surface area (Å²) < 4.78 is 10.2. The van der Waals surface area contributed by atoms with E-state index >= 15 is 0 Å². The fraction of sp³-hybridized carbons (Fsp3) is 0.850. The van der Waals surface area contributed by atoms with Gasteiger partial charge in [-0.2, -0.15) is 0 Å². The second-order valence-electron chi connectivity index (χ2n) is 8.63. The summed E-state index contributed by atoms with van der Waals surface area (Å²) in [6.07, 6.45) is 0.233. The van der Waals surface area contributed by atoms with Crippen LogP contribution < -0.4 is 10.6 Å². The number of alkyl carbamates (subject to hydrolysis) is 1. The van der Waals surface area contributed by atoms with Gasteiger partial charge in [0.2, 0.25) is 5.91 Å². The Labute approximate surface area is 167 Å². The predicted molar refractivity (Wildman–Crippen MR) is 104 cm³/mol. The first-order chi connectivity index (χ1) is 12.9. The molecular formula is C20H36N2O6. The van der Waals surface area contributed by atoms with Gasteiger partial charge in [-0.1, -0.05) is 13.3 Å². The summed E-state index contributed by atoms with van der Waals surface area (Å²) in [5, 5.41) is 16.7. The van der Waals surface area contributed by atoms with Gasteiger partial charge in [0.15, 0.2) is 0 Å². The zero-order valence-electron chi connectivity index (χ0n) is 18.1. The minimum atomic E-state index is -0.986. The first-order valence-electron chi connectivity index (χ1n) is 9.93. The summed E-state index contributed by atoms with van der Waals surface area (Å²) in [5.41, 5.74) is -0.662. The highest BCUT2D eigenvalue weighted by Crippen LogP contribution is 2.40. The van der Waals surface area contributed by atoms with E-state index in [1.165, 1.54) is 14.0 Å². The molecule has 1 aliphatic rings. The number of hydrogen-bond acceptors (Lipinski definition) is 6. The summed E-state index contributed by atoms with van der Waals surface area (Å²) in [5.74, 6) is -1.95. The molecule has 0 spiro atoms. The smallest absolute Gasteiger partial charge is 0.407 e. The van der Waals surface area contributed by atoms with Crippen LogP contribution in [0, 0.1) is 17.8 Å². The zero-order valence-corrected chi connectivity index (χ0v) is 18.1. The fourth-order valence-corrected chi connectivity index (χ4v) is 4.17. The van der Waals surface area contributed by atoms with Crippen LogP contribution in [-0.4, -0.2) is 54.0 Å². The summed E-state index contributed by atoms with van der Waals surface area (Å²) >= 11 is 0. The molecule has 5 unspecified atom stereocenters. The maximum absolute atomic E-state index is 12.3. The highest BCUT2D eigenvalue weighted by atomic mass is 16.6. The molecule has 0 aromatic heterocycles. The molecule has 8 nitrogen and oxygen atoms in total. The highest BCUT2D eigenvalue weighted by Gasteiger charge is 2.51. The number of carbonyl (C=O) groups is 3. The molecule has 0 saturated heterocycles. The van der Waals surface area contributed by atoms with Crippen LogP contribution in [0.3, 0.4) is 0 Å². The number of aliphatic hydroxyl groups is 1. The molecule has 162 valence electrons. The molecule has 0 heterocycles. The van der Waals surface area contributed by atoms with Crippen molar-refractivity contribution in [3.05, 3.63) is 0 Å². The molecule has 0 aromatic carbocycles. The molecule has 6 atom stereocenters. The van der Waals surface area contributed by atoms with E-state index in [1.807, 2.05) is 13.8 Å². The minimum absolute atomic E-state index is 0.126. The maximum atomic E-state index is 12.3. The Morgan fingerprint density at radius 3 is 2.32 bits per heavy atom. The van der Waals surface area contributed by atoms with Crippen molar-refractivity contribution in [1.29, 1.82) is 0 Å². The third-order valence-corrected chi connectivity index (χ3v) is 5.17. The molecule has 0 radical (unpaired) electrons. The number of aliphatic hydroxyl groups excluding tert-OH is 1. The largest absolute Gasteiger partial charge is 0.469 e. The van der Waals surface area contributed by atoms with Crippen LogP contribution in [0.25, 0.3) is 0 Å². The third kappa shape index (κ3) is 6.65. The monoisotopic (exact) mass is 400 g/mol. The van der Waals surface area contributed by atoms with E-state index < -0.39 is 41.6 Å². The van der Waals surface area contributed by atoms with Gasteiger partial charge in [0.05, 0.1) is 19.1 Å². The van der Waals surface area contributed by atoms with E-state index in [9.17, 15) is 19.5 Å². The number of methoxy groups -OCH3 is 1. The standard InChI is InChI=1S/C20H36N2O6/c1-8-9-13(11(2)21-12(3)23)16-15(22-19(26)28-20(4,5)6)10-14(17(16)24)18(25)27-7/h11,13-17,24H,8-10H2,1-7H3,(H,21,23)(H,22,26)/t11?,13?,14-,15?,16?,17?/m0/s1. The molecular weight excluding hydrogens is 364 g/mol. The Morgan fingerprint density at radius 1 is 1.25 bits per heavy atom. The average molecular weight is 401 g/mol. The molecule has 1 aliphatic carbocycles. The SMILES string of the molecule is CCCC(C(C)NC(C)=O)C1C(NC(=O)OC(C)(C)C)C[C@H](C(=O)OC)C1O. The lowest BCUT2D eigenvalue weighted by molar-refractivity contribution is -0.149. The summed E-state index contributed by atoms with van der Waals surface area (Å²) in [6, 6.07) is -0.696. The second kappa shape index (κ2) is 10.1. The van der Waals surface area contributed by atoms with Crippen molar-refractivity contribution in [3.63, 3.8) is 0 Å². The van der Waals surface area contributed by atoms with Gasteiger partial charge >= 0.3 is 12.1 Å². The lowest BCUT2D eigenvalue weighted by Crippen LogP contribution is -2.50. The lowest BCUT2D eigenvalue weighted by atomic mass is 9.78. The zero-order chi connectivity index (χ0) is 21.6. The molecule has 0 aromatic rings. The van der Waals surface area contributed by atoms with Crippen LogP contribution >= 0.6 is 0 Å². The van der Waals surface area contributed by atoms with Crippen LogP contribution in [0.5, 0.6) is 0 Å². The van der Waals surface area contributed by atoms with Crippen molar-refractivity contribution < 1.29 is 29.0 Å². The second-order valence-corrected chi connectivity index (χ2v) is 8.63. The Morgan fingerprint density at radius 2 is 1.86 bits per heavy atom. The Hall–Kier alpha value is -1.83. The van der Waals surface area contributed by atoms with Crippen LogP contribution in [0.4, 0.5) is 4.79 Å². The maximum Gasteiger partial charge on any atom is 0.407 e. The lowest BCUT2D eigenvalue weighted by Gasteiger charge is -2.35. The summed E-state index contributed by atoms with van der Waals surface area (Å²) in [7, 11) is 1.28. The molecule has 0 aliphatic heterocycles. The van der Waals surface area contributed by atoms with Gasteiger partial charge in [-0.25, -0.2) is 4.79 Å². The Kier molecular flexibility index (Phi) is 8.73. The number of carbonyl (C=O) groups excluding carboxylic acids is 3. The van der Waals surface area contributed by atoms with Crippen LogP contribution in [0.2, 0.25) is 0 Å². The molecule has 1 saturated carbocycles. The van der Waals surface area contributed by atoms with Crippen molar-refractivity contribution in [2.24, 2.45) is 17.8 Å². The molecule has 1 rings (SSSR count). The first-order valence-corrected chi connectivity index (χ1v) is 9.93. The molecule has 8 heteroatoms. The normalized spacial score (nSPS) is 26.9. The number of hydrogen-bond donors (Lipinski definition) is 3. The molecule has 2 amide bonds. The van der Waals surface area contributed by atoms with E-state index in [1.54, 1.807) is 20.8 Å². The van der Waals surface area contributed by atoms with E-state index in [-0.39, 0.29) is 24.3 Å². The van der Waals surface area contributed by atoms with E-state index in [4.69, 9.17) is 9.47 Å². The quantitative estimate of drug-likeness (QED) is 0.563. The van der Waals surface area contributed by atoms with Gasteiger partial charge in [-0.15, -0.1) is 0 Å². The third-order valence-electron chi connectivity index (χ3n) is 5.17. The Balaban J connectivity index is 3.14. The first kappa shape index (κ1) is 24.2. The molecule has 3 N–H and O–H groups in total. The molecule has 0 bridgehead atoms. The van der Waals surface area contributed by atoms with Crippen molar-refractivity contribution in [2.75, 3.05) is 7.11 Å². The number of rotatable bonds is 7. The van der Waals surface area contributed by atoms with Gasteiger partial charge in [-0.05, 0) is 46.5 Å².